The van der Waals surface area contributed by atoms with E-state index in [0.29, 0.717) is 0 Å². The first-order chi connectivity index (χ1) is 31.8. The maximum atomic E-state index is 2.54. The van der Waals surface area contributed by atoms with Crippen LogP contribution in [-0.2, 0) is 0 Å². The third-order valence-electron chi connectivity index (χ3n) is 13.4. The quantitative estimate of drug-likeness (QED) is 0.155. The Morgan fingerprint density at radius 2 is 0.781 bits per heavy atom. The number of benzene rings is 10. The molecule has 4 heteroatoms. The average molecular weight is 814 g/mol. The lowest BCUT2D eigenvalue weighted by Crippen LogP contribution is -2.61. The zero-order valence-electron chi connectivity index (χ0n) is 35.0. The molecule has 0 unspecified atom stereocenters. The van der Waals surface area contributed by atoms with Crippen LogP contribution in [0.1, 0.15) is 0 Å². The molecule has 2 aliphatic heterocycles. The second-order valence-electron chi connectivity index (χ2n) is 16.8. The van der Waals surface area contributed by atoms with Crippen molar-refractivity contribution in [3.63, 3.8) is 0 Å². The van der Waals surface area contributed by atoms with Gasteiger partial charge in [0.05, 0.1) is 22.4 Å². The maximum absolute atomic E-state index is 2.54. The van der Waals surface area contributed by atoms with Crippen LogP contribution in [0.3, 0.4) is 0 Å². The highest BCUT2D eigenvalue weighted by Crippen LogP contribution is 2.48. The molecule has 0 spiro atoms. The van der Waals surface area contributed by atoms with Gasteiger partial charge < -0.3 is 14.4 Å². The molecule has 64 heavy (non-hydrogen) atoms. The fourth-order valence-corrected chi connectivity index (χ4v) is 10.8. The van der Waals surface area contributed by atoms with Crippen LogP contribution in [-0.4, -0.2) is 11.3 Å². The molecular weight excluding hydrogens is 773 g/mol. The largest absolute Gasteiger partial charge is 0.311 e. The molecular formula is C60H40BN3. The van der Waals surface area contributed by atoms with E-state index < -0.39 is 0 Å². The lowest BCUT2D eigenvalue weighted by atomic mass is 9.33. The molecule has 3 heterocycles. The summed E-state index contributed by atoms with van der Waals surface area (Å²) >= 11 is 0. The third-order valence-corrected chi connectivity index (χ3v) is 13.4. The van der Waals surface area contributed by atoms with Gasteiger partial charge in [-0.15, -0.1) is 0 Å². The van der Waals surface area contributed by atoms with Crippen LogP contribution in [0.2, 0.25) is 0 Å². The zero-order chi connectivity index (χ0) is 42.1. The van der Waals surface area contributed by atoms with Crippen molar-refractivity contribution in [2.75, 3.05) is 9.80 Å². The van der Waals surface area contributed by atoms with Crippen molar-refractivity contribution in [3.8, 4) is 39.1 Å². The number of aromatic nitrogens is 1. The molecule has 0 atom stereocenters. The second-order valence-corrected chi connectivity index (χ2v) is 16.8. The van der Waals surface area contributed by atoms with Crippen molar-refractivity contribution in [3.05, 3.63) is 243 Å². The summed E-state index contributed by atoms with van der Waals surface area (Å²) in [6, 6.07) is 89.0. The first kappa shape index (κ1) is 36.3. The van der Waals surface area contributed by atoms with Gasteiger partial charge in [-0.3, -0.25) is 0 Å². The fraction of sp³-hybridized carbons (Fsp3) is 0. The van der Waals surface area contributed by atoms with Crippen LogP contribution >= 0.6 is 0 Å². The van der Waals surface area contributed by atoms with E-state index in [1.165, 1.54) is 94.3 Å². The molecule has 0 aliphatic carbocycles. The van der Waals surface area contributed by atoms with Crippen molar-refractivity contribution in [1.29, 1.82) is 0 Å². The molecule has 0 saturated heterocycles. The van der Waals surface area contributed by atoms with E-state index >= 15 is 0 Å². The van der Waals surface area contributed by atoms with E-state index in [2.05, 4.69) is 257 Å². The van der Waals surface area contributed by atoms with Gasteiger partial charge in [0.2, 0.25) is 0 Å². The van der Waals surface area contributed by atoms with E-state index in [4.69, 9.17) is 0 Å². The van der Waals surface area contributed by atoms with Gasteiger partial charge in [0.25, 0.3) is 6.71 Å². The Kier molecular flexibility index (Phi) is 8.32. The number of nitrogens with zero attached hydrogens (tertiary/aromatic N) is 3. The molecule has 0 saturated carbocycles. The Morgan fingerprint density at radius 3 is 1.45 bits per heavy atom. The molecule has 1 aromatic heterocycles. The average Bonchev–Trinajstić information content (AvgIpc) is 3.72. The molecule has 3 nitrogen and oxygen atoms in total. The Labute approximate surface area is 373 Å². The van der Waals surface area contributed by atoms with Crippen LogP contribution in [0, 0.1) is 0 Å². The molecule has 0 fully saturated rings. The molecule has 0 radical (unpaired) electrons. The Balaban J connectivity index is 1.10. The molecule has 13 rings (SSSR count). The van der Waals surface area contributed by atoms with Gasteiger partial charge in [-0.05, 0) is 99.3 Å². The Morgan fingerprint density at radius 1 is 0.297 bits per heavy atom. The minimum atomic E-state index is -0.0255. The third kappa shape index (κ3) is 5.49. The predicted octanol–water partition coefficient (Wildman–Crippen LogP) is 13.9. The smallest absolute Gasteiger partial charge is 0.252 e. The lowest BCUT2D eigenvalue weighted by molar-refractivity contribution is 1.18. The normalized spacial score (nSPS) is 12.6. The Hall–Kier alpha value is -8.34. The highest BCUT2D eigenvalue weighted by molar-refractivity contribution is 7.00. The number of hydrogen-bond acceptors (Lipinski definition) is 2. The van der Waals surface area contributed by atoms with Gasteiger partial charge in [-0.2, -0.15) is 0 Å². The van der Waals surface area contributed by atoms with Crippen LogP contribution in [0.25, 0.3) is 60.9 Å². The summed E-state index contributed by atoms with van der Waals surface area (Å²) in [5, 5.41) is 2.51. The van der Waals surface area contributed by atoms with E-state index in [-0.39, 0.29) is 6.71 Å². The van der Waals surface area contributed by atoms with Crippen molar-refractivity contribution >= 4 is 79.0 Å². The molecule has 298 valence electrons. The summed E-state index contributed by atoms with van der Waals surface area (Å²) in [4.78, 5) is 5.05. The van der Waals surface area contributed by atoms with Gasteiger partial charge in [0.15, 0.2) is 0 Å². The highest BCUT2D eigenvalue weighted by atomic mass is 15.2. The fourth-order valence-electron chi connectivity index (χ4n) is 10.8. The first-order valence-electron chi connectivity index (χ1n) is 22.1. The molecule has 10 aromatic carbocycles. The summed E-state index contributed by atoms with van der Waals surface area (Å²) in [6.07, 6.45) is 0. The zero-order valence-corrected chi connectivity index (χ0v) is 35.0. The number of para-hydroxylation sites is 5. The first-order valence-corrected chi connectivity index (χ1v) is 22.1. The van der Waals surface area contributed by atoms with E-state index in [1.54, 1.807) is 0 Å². The van der Waals surface area contributed by atoms with Gasteiger partial charge in [-0.25, -0.2) is 0 Å². The van der Waals surface area contributed by atoms with Crippen molar-refractivity contribution < 1.29 is 0 Å². The van der Waals surface area contributed by atoms with Crippen LogP contribution in [0.5, 0.6) is 0 Å². The van der Waals surface area contributed by atoms with Gasteiger partial charge in [0, 0.05) is 50.3 Å². The summed E-state index contributed by atoms with van der Waals surface area (Å²) < 4.78 is 2.41. The molecule has 0 amide bonds. The van der Waals surface area contributed by atoms with Crippen LogP contribution in [0.4, 0.5) is 34.1 Å². The van der Waals surface area contributed by atoms with Gasteiger partial charge in [-0.1, -0.05) is 182 Å². The number of anilines is 6. The maximum Gasteiger partial charge on any atom is 0.252 e. The van der Waals surface area contributed by atoms with Crippen LogP contribution < -0.4 is 26.2 Å². The monoisotopic (exact) mass is 813 g/mol. The molecule has 0 bridgehead atoms. The van der Waals surface area contributed by atoms with Gasteiger partial charge in [0.1, 0.15) is 0 Å². The van der Waals surface area contributed by atoms with E-state index in [9.17, 15) is 0 Å². The minimum Gasteiger partial charge on any atom is -0.311 e. The van der Waals surface area contributed by atoms with Crippen molar-refractivity contribution in [2.24, 2.45) is 0 Å². The van der Waals surface area contributed by atoms with Crippen LogP contribution in [0.15, 0.2) is 243 Å². The standard InChI is InChI=1S/C60H40BN3/c1-4-20-41(21-5-1)45-26-10-14-31-51(45)63-54-34-17-13-30-49(54)61-50-40-43(47-29-18-35-56-59(47)48-28-12-16-33-53(48)62(56)44-24-8-3-9-25-44)38-39-55(50)64(58-37-19-36-57(63)60(58)61)52-32-15-11-27-46(52)42-22-6-2-7-23-42/h1-40H. The summed E-state index contributed by atoms with van der Waals surface area (Å²) in [5.74, 6) is 0. The second kappa shape index (κ2) is 14.6. The predicted molar refractivity (Wildman–Crippen MR) is 271 cm³/mol. The topological polar surface area (TPSA) is 11.4 Å². The van der Waals surface area contributed by atoms with Crippen molar-refractivity contribution in [1.82, 2.24) is 4.57 Å². The molecule has 2 aliphatic rings. The highest BCUT2D eigenvalue weighted by Gasteiger charge is 2.43. The van der Waals surface area contributed by atoms with Gasteiger partial charge >= 0.3 is 0 Å². The van der Waals surface area contributed by atoms with E-state index in [0.717, 1.165) is 17.1 Å². The van der Waals surface area contributed by atoms with E-state index in [1.807, 2.05) is 0 Å². The molecule has 11 aromatic rings. The Bertz CT molecular complexity index is 3560. The number of hydrogen-bond donors (Lipinski definition) is 0. The minimum absolute atomic E-state index is 0.0255. The summed E-state index contributed by atoms with van der Waals surface area (Å²) in [5.41, 5.74) is 21.7. The van der Waals surface area contributed by atoms with Crippen molar-refractivity contribution in [2.45, 2.75) is 0 Å². The number of rotatable bonds is 6. The SMILES string of the molecule is c1ccc(-c2ccccc2N2c3ccccc3B3c4cc(-c5cccc6c5c5ccccc5n6-c5ccccc5)ccc4N(c4ccccc4-c4ccccc4)c4cccc2c43)cc1. The number of fused-ring (bicyclic) bond motifs is 7. The summed E-state index contributed by atoms with van der Waals surface area (Å²) in [6.45, 7) is -0.0255. The lowest BCUT2D eigenvalue weighted by Gasteiger charge is -2.44. The summed E-state index contributed by atoms with van der Waals surface area (Å²) in [7, 11) is 0. The molecule has 0 N–H and O–H groups in total.